The van der Waals surface area contributed by atoms with Gasteiger partial charge in [-0.05, 0) is 90.6 Å². The second kappa shape index (κ2) is 13.4. The first kappa shape index (κ1) is 31.5. The van der Waals surface area contributed by atoms with Gasteiger partial charge in [-0.15, -0.1) is 11.8 Å². The summed E-state index contributed by atoms with van der Waals surface area (Å²) in [5.74, 6) is -0.841. The largest absolute Gasteiger partial charge is 0.482 e. The van der Waals surface area contributed by atoms with E-state index in [4.69, 9.17) is 9.84 Å². The van der Waals surface area contributed by atoms with E-state index in [9.17, 15) is 22.4 Å². The van der Waals surface area contributed by atoms with Crippen molar-refractivity contribution >= 4 is 29.5 Å². The first-order chi connectivity index (χ1) is 21.0. The minimum Gasteiger partial charge on any atom is -0.482 e. The van der Waals surface area contributed by atoms with E-state index in [0.717, 1.165) is 55.4 Å². The van der Waals surface area contributed by atoms with E-state index in [1.54, 1.807) is 41.7 Å². The molecule has 0 amide bonds. The predicted molar refractivity (Wildman–Crippen MR) is 167 cm³/mol. The highest BCUT2D eigenvalue weighted by atomic mass is 32.2. The predicted octanol–water partition coefficient (Wildman–Crippen LogP) is 9.25. The number of carboxylic acid groups (broad SMARTS) is 1. The molecule has 0 radical (unpaired) electrons. The third kappa shape index (κ3) is 7.78. The van der Waals surface area contributed by atoms with Gasteiger partial charge in [-0.25, -0.2) is 9.18 Å². The van der Waals surface area contributed by atoms with Crippen LogP contribution in [0.15, 0.2) is 106 Å². The van der Waals surface area contributed by atoms with Crippen LogP contribution in [0.3, 0.4) is 0 Å². The van der Waals surface area contributed by atoms with Crippen molar-refractivity contribution in [2.24, 2.45) is 0 Å². The highest BCUT2D eigenvalue weighted by molar-refractivity contribution is 8.06. The van der Waals surface area contributed by atoms with Crippen LogP contribution in [0.2, 0.25) is 0 Å². The molecule has 2 atom stereocenters. The van der Waals surface area contributed by atoms with Gasteiger partial charge in [0.1, 0.15) is 16.9 Å². The highest BCUT2D eigenvalue weighted by Crippen LogP contribution is 2.47. The molecule has 4 nitrogen and oxygen atoms in total. The van der Waals surface area contributed by atoms with Crippen molar-refractivity contribution in [3.05, 3.63) is 130 Å². The Kier molecular flexibility index (Phi) is 9.60. The van der Waals surface area contributed by atoms with Crippen LogP contribution in [0.25, 0.3) is 11.1 Å². The number of carbonyl (C=O) groups is 1. The zero-order chi connectivity index (χ0) is 31.4. The fourth-order valence-corrected chi connectivity index (χ4v) is 7.71. The molecule has 44 heavy (non-hydrogen) atoms. The molecule has 0 saturated heterocycles. The van der Waals surface area contributed by atoms with Gasteiger partial charge in [-0.1, -0.05) is 60.3 Å². The molecular weight excluding hydrogens is 611 g/mol. The van der Waals surface area contributed by atoms with Gasteiger partial charge in [0.15, 0.2) is 6.61 Å². The number of thioether (sulfide) groups is 2. The van der Waals surface area contributed by atoms with Crippen LogP contribution in [-0.4, -0.2) is 22.9 Å². The normalized spacial score (nSPS) is 15.6. The lowest BCUT2D eigenvalue weighted by Gasteiger charge is -2.20. The quantitative estimate of drug-likeness (QED) is 0.133. The van der Waals surface area contributed by atoms with Gasteiger partial charge in [-0.3, -0.25) is 0 Å². The molecule has 1 heterocycles. The minimum atomic E-state index is -4.39. The number of aliphatic carboxylic acids is 1. The Bertz CT molecular complexity index is 1650. The van der Waals surface area contributed by atoms with Gasteiger partial charge >= 0.3 is 12.1 Å². The molecule has 10 heteroatoms. The standard InChI is InChI=1S/C34H29F4NO3S2/c1-20-17-28(15-16-29(20)42-19-31(40)41)43-30(18-22-3-5-23(6-4-22)24-9-13-27(35)14-10-24)32-21(2)39-33(44-32)25-7-11-26(12-8-25)34(36,37)38/h3-17,30,33,39H,18-19H2,1-2H3,(H,40,41). The number of hydrogen-bond donors (Lipinski definition) is 2. The van der Waals surface area contributed by atoms with E-state index in [1.165, 1.54) is 24.3 Å². The van der Waals surface area contributed by atoms with Crippen LogP contribution in [0, 0.1) is 12.7 Å². The van der Waals surface area contributed by atoms with Gasteiger partial charge in [0.05, 0.1) is 5.56 Å². The van der Waals surface area contributed by atoms with Crippen LogP contribution in [0.4, 0.5) is 17.6 Å². The summed E-state index contributed by atoms with van der Waals surface area (Å²) < 4.78 is 58.2. The molecule has 0 aromatic heterocycles. The van der Waals surface area contributed by atoms with Gasteiger partial charge in [0.25, 0.3) is 0 Å². The molecular formula is C34H29F4NO3S2. The minimum absolute atomic E-state index is 0.0335. The van der Waals surface area contributed by atoms with Crippen molar-refractivity contribution in [1.82, 2.24) is 5.32 Å². The summed E-state index contributed by atoms with van der Waals surface area (Å²) in [5, 5.41) is 12.2. The lowest BCUT2D eigenvalue weighted by Crippen LogP contribution is -2.12. The Morgan fingerprint density at radius 2 is 1.59 bits per heavy atom. The third-order valence-electron chi connectivity index (χ3n) is 7.12. The first-order valence-corrected chi connectivity index (χ1v) is 15.5. The van der Waals surface area contributed by atoms with Crippen molar-refractivity contribution < 1.29 is 32.2 Å². The number of alkyl halides is 3. The summed E-state index contributed by atoms with van der Waals surface area (Å²) >= 11 is 3.25. The lowest BCUT2D eigenvalue weighted by atomic mass is 10.0. The molecule has 1 aliphatic rings. The Hall–Kier alpha value is -3.89. The summed E-state index contributed by atoms with van der Waals surface area (Å²) in [7, 11) is 0. The summed E-state index contributed by atoms with van der Waals surface area (Å²) in [6, 6.07) is 25.3. The van der Waals surface area contributed by atoms with E-state index < -0.39 is 24.3 Å². The van der Waals surface area contributed by atoms with Crippen LogP contribution >= 0.6 is 23.5 Å². The number of nitrogens with one attached hydrogen (secondary N) is 1. The third-order valence-corrected chi connectivity index (χ3v) is 9.96. The van der Waals surface area contributed by atoms with Crippen molar-refractivity contribution in [2.75, 3.05) is 6.61 Å². The monoisotopic (exact) mass is 639 g/mol. The number of hydrogen-bond acceptors (Lipinski definition) is 5. The summed E-state index contributed by atoms with van der Waals surface area (Å²) in [5.41, 5.74) is 4.81. The molecule has 0 saturated carbocycles. The second-order valence-corrected chi connectivity index (χ2v) is 12.8. The lowest BCUT2D eigenvalue weighted by molar-refractivity contribution is -0.139. The van der Waals surface area contributed by atoms with Crippen LogP contribution < -0.4 is 10.1 Å². The molecule has 4 aromatic rings. The molecule has 0 bridgehead atoms. The first-order valence-electron chi connectivity index (χ1n) is 13.7. The van der Waals surface area contributed by atoms with Crippen molar-refractivity contribution in [3.8, 4) is 16.9 Å². The maximum atomic E-state index is 13.4. The molecule has 5 rings (SSSR count). The molecule has 4 aromatic carbocycles. The van der Waals surface area contributed by atoms with Gasteiger partial charge in [0.2, 0.25) is 0 Å². The number of rotatable bonds is 10. The fraction of sp³-hybridized carbons (Fsp3) is 0.206. The van der Waals surface area contributed by atoms with E-state index >= 15 is 0 Å². The van der Waals surface area contributed by atoms with Crippen molar-refractivity contribution in [3.63, 3.8) is 0 Å². The molecule has 1 aliphatic heterocycles. The van der Waals surface area contributed by atoms with Crippen molar-refractivity contribution in [2.45, 2.75) is 42.0 Å². The number of halogens is 4. The van der Waals surface area contributed by atoms with Crippen LogP contribution in [-0.2, 0) is 17.4 Å². The smallest absolute Gasteiger partial charge is 0.416 e. The Morgan fingerprint density at radius 1 is 0.955 bits per heavy atom. The maximum Gasteiger partial charge on any atom is 0.416 e. The second-order valence-electron chi connectivity index (χ2n) is 10.4. The molecule has 0 spiro atoms. The van der Waals surface area contributed by atoms with Crippen LogP contribution in [0.5, 0.6) is 5.75 Å². The highest BCUT2D eigenvalue weighted by Gasteiger charge is 2.32. The Balaban J connectivity index is 1.39. The number of benzene rings is 4. The fourth-order valence-electron chi connectivity index (χ4n) is 4.87. The van der Waals surface area contributed by atoms with Crippen LogP contribution in [0.1, 0.15) is 34.6 Å². The van der Waals surface area contributed by atoms with Gasteiger partial charge in [0, 0.05) is 20.7 Å². The molecule has 228 valence electrons. The zero-order valence-electron chi connectivity index (χ0n) is 23.8. The topological polar surface area (TPSA) is 58.6 Å². The van der Waals surface area contributed by atoms with E-state index in [1.807, 2.05) is 38.1 Å². The van der Waals surface area contributed by atoms with E-state index in [0.29, 0.717) is 12.2 Å². The number of aryl methyl sites for hydroxylation is 1. The average molecular weight is 640 g/mol. The SMILES string of the molecule is CC1=C(C(Cc2ccc(-c3ccc(F)cc3)cc2)Sc2ccc(OCC(=O)O)c(C)c2)SC(c2ccc(C(F)(F)F)cc2)N1. The number of carboxylic acids is 1. The Morgan fingerprint density at radius 3 is 2.18 bits per heavy atom. The van der Waals surface area contributed by atoms with Gasteiger partial charge in [-0.2, -0.15) is 13.2 Å². The summed E-state index contributed by atoms with van der Waals surface area (Å²) in [6.45, 7) is 3.41. The van der Waals surface area contributed by atoms with Crippen molar-refractivity contribution in [1.29, 1.82) is 0 Å². The Labute approximate surface area is 261 Å². The summed E-state index contributed by atoms with van der Waals surface area (Å²) in [6.07, 6.45) is -3.72. The molecule has 0 aliphatic carbocycles. The maximum absolute atomic E-state index is 13.4. The number of allylic oxidation sites excluding steroid dienone is 1. The van der Waals surface area contributed by atoms with E-state index in [-0.39, 0.29) is 16.4 Å². The molecule has 0 fully saturated rings. The summed E-state index contributed by atoms with van der Waals surface area (Å²) in [4.78, 5) is 13.0. The zero-order valence-corrected chi connectivity index (χ0v) is 25.5. The molecule has 2 unspecified atom stereocenters. The van der Waals surface area contributed by atoms with E-state index in [2.05, 4.69) is 17.4 Å². The average Bonchev–Trinajstić information content (AvgIpc) is 3.38. The van der Waals surface area contributed by atoms with Gasteiger partial charge < -0.3 is 15.2 Å². The molecule has 2 N–H and O–H groups in total. The number of ether oxygens (including phenoxy) is 1.